The molecular weight excluding hydrogens is 374 g/mol. The smallest absolute Gasteiger partial charge is 0.225 e. The molecule has 158 valence electrons. The number of anilines is 3. The zero-order valence-electron chi connectivity index (χ0n) is 18.3. The van der Waals surface area contributed by atoms with E-state index in [0.29, 0.717) is 17.7 Å². The second kappa shape index (κ2) is 9.67. The Balaban J connectivity index is 1.96. The number of nitrogens with zero attached hydrogens (tertiary/aromatic N) is 3. The van der Waals surface area contributed by atoms with Crippen LogP contribution in [0.5, 0.6) is 0 Å². The quantitative estimate of drug-likeness (QED) is 0.481. The second-order valence-corrected chi connectivity index (χ2v) is 8.23. The lowest BCUT2D eigenvalue weighted by molar-refractivity contribution is 0.248. The van der Waals surface area contributed by atoms with Gasteiger partial charge in [0, 0.05) is 29.7 Å². The van der Waals surface area contributed by atoms with Gasteiger partial charge in [-0.25, -0.2) is 4.98 Å². The van der Waals surface area contributed by atoms with Gasteiger partial charge in [0.1, 0.15) is 5.82 Å². The minimum absolute atomic E-state index is 0.0107. The number of nitrogens with one attached hydrogen (secondary N) is 2. The summed E-state index contributed by atoms with van der Waals surface area (Å²) in [5, 5.41) is 16.4. The van der Waals surface area contributed by atoms with Gasteiger partial charge in [-0.05, 0) is 54.2 Å². The highest BCUT2D eigenvalue weighted by molar-refractivity contribution is 5.67. The fourth-order valence-corrected chi connectivity index (χ4v) is 3.38. The van der Waals surface area contributed by atoms with Crippen LogP contribution < -0.4 is 10.6 Å². The molecule has 3 rings (SSSR count). The third-order valence-electron chi connectivity index (χ3n) is 5.16. The van der Waals surface area contributed by atoms with E-state index in [1.165, 1.54) is 11.1 Å². The largest absolute Gasteiger partial charge is 0.394 e. The number of aliphatic hydroxyl groups excluding tert-OH is 1. The number of rotatable bonds is 8. The summed E-state index contributed by atoms with van der Waals surface area (Å²) in [5.41, 5.74) is 5.22. The van der Waals surface area contributed by atoms with Crippen molar-refractivity contribution in [3.63, 3.8) is 0 Å². The van der Waals surface area contributed by atoms with E-state index >= 15 is 0 Å². The predicted octanol–water partition coefficient (Wildman–Crippen LogP) is 5.14. The topological polar surface area (TPSA) is 83.0 Å². The van der Waals surface area contributed by atoms with Crippen LogP contribution in [0.15, 0.2) is 48.8 Å². The first-order valence-corrected chi connectivity index (χ1v) is 10.4. The Hall–Kier alpha value is -2.99. The Morgan fingerprint density at radius 2 is 1.83 bits per heavy atom. The molecule has 1 atom stereocenters. The molecule has 3 N–H and O–H groups in total. The number of benzene rings is 1. The highest BCUT2D eigenvalue weighted by atomic mass is 16.3. The van der Waals surface area contributed by atoms with Gasteiger partial charge < -0.3 is 15.7 Å². The summed E-state index contributed by atoms with van der Waals surface area (Å²) in [6.07, 6.45) is 3.52. The van der Waals surface area contributed by atoms with Crippen LogP contribution >= 0.6 is 0 Å². The molecule has 0 spiro atoms. The number of aromatic nitrogens is 3. The lowest BCUT2D eigenvalue weighted by atomic mass is 9.98. The van der Waals surface area contributed by atoms with Crippen LogP contribution in [0.4, 0.5) is 17.5 Å². The molecule has 3 aromatic rings. The van der Waals surface area contributed by atoms with Crippen molar-refractivity contribution in [3.05, 3.63) is 59.9 Å². The van der Waals surface area contributed by atoms with Gasteiger partial charge in [-0.3, -0.25) is 4.98 Å². The molecule has 0 fully saturated rings. The van der Waals surface area contributed by atoms with Crippen LogP contribution in [0.3, 0.4) is 0 Å². The maximum absolute atomic E-state index is 9.71. The van der Waals surface area contributed by atoms with Gasteiger partial charge in [0.2, 0.25) is 5.95 Å². The summed E-state index contributed by atoms with van der Waals surface area (Å²) in [7, 11) is 0. The zero-order valence-corrected chi connectivity index (χ0v) is 18.3. The predicted molar refractivity (Wildman–Crippen MR) is 123 cm³/mol. The van der Waals surface area contributed by atoms with Gasteiger partial charge in [-0.1, -0.05) is 33.8 Å². The molecule has 6 nitrogen and oxygen atoms in total. The number of aryl methyl sites for hydroxylation is 1. The van der Waals surface area contributed by atoms with E-state index in [2.05, 4.69) is 78.4 Å². The van der Waals surface area contributed by atoms with Gasteiger partial charge >= 0.3 is 0 Å². The Morgan fingerprint density at radius 3 is 2.43 bits per heavy atom. The summed E-state index contributed by atoms with van der Waals surface area (Å²) in [6.45, 7) is 10.6. The fraction of sp³-hybridized carbons (Fsp3) is 0.375. The minimum atomic E-state index is -0.130. The van der Waals surface area contributed by atoms with Crippen LogP contribution in [-0.4, -0.2) is 32.7 Å². The molecule has 6 heteroatoms. The van der Waals surface area contributed by atoms with Crippen molar-refractivity contribution in [1.82, 2.24) is 15.0 Å². The first-order chi connectivity index (χ1) is 14.4. The van der Waals surface area contributed by atoms with E-state index in [0.717, 1.165) is 16.9 Å². The van der Waals surface area contributed by atoms with Gasteiger partial charge in [-0.15, -0.1) is 0 Å². The zero-order chi connectivity index (χ0) is 21.7. The van der Waals surface area contributed by atoms with E-state index in [9.17, 15) is 5.11 Å². The van der Waals surface area contributed by atoms with E-state index in [1.54, 1.807) is 12.4 Å². The van der Waals surface area contributed by atoms with Crippen LogP contribution in [0.1, 0.15) is 44.7 Å². The second-order valence-electron chi connectivity index (χ2n) is 8.23. The van der Waals surface area contributed by atoms with Crippen molar-refractivity contribution in [2.75, 3.05) is 17.2 Å². The third-order valence-corrected chi connectivity index (χ3v) is 5.16. The molecule has 30 heavy (non-hydrogen) atoms. The molecule has 1 aromatic carbocycles. The van der Waals surface area contributed by atoms with Crippen molar-refractivity contribution < 1.29 is 5.11 Å². The highest BCUT2D eigenvalue weighted by Gasteiger charge is 2.15. The number of aliphatic hydroxyl groups is 1. The van der Waals surface area contributed by atoms with Gasteiger partial charge in [0.25, 0.3) is 0 Å². The molecule has 0 saturated carbocycles. The average Bonchev–Trinajstić information content (AvgIpc) is 2.72. The summed E-state index contributed by atoms with van der Waals surface area (Å²) in [6, 6.07) is 12.0. The van der Waals surface area contributed by atoms with Crippen LogP contribution in [0.25, 0.3) is 11.3 Å². The Kier molecular flexibility index (Phi) is 7.00. The summed E-state index contributed by atoms with van der Waals surface area (Å²) in [5.74, 6) is 1.88. The van der Waals surface area contributed by atoms with Gasteiger partial charge in [0.05, 0.1) is 18.3 Å². The van der Waals surface area contributed by atoms with Crippen molar-refractivity contribution in [3.8, 4) is 11.3 Å². The number of hydrogen-bond donors (Lipinski definition) is 3. The molecule has 0 unspecified atom stereocenters. The highest BCUT2D eigenvalue weighted by Crippen LogP contribution is 2.26. The van der Waals surface area contributed by atoms with E-state index in [1.807, 2.05) is 18.2 Å². The maximum atomic E-state index is 9.71. The molecule has 0 aliphatic carbocycles. The maximum Gasteiger partial charge on any atom is 0.225 e. The SMILES string of the molecule is Cc1cc(Nc2cc(-c3cccnc3)nc(N[C@H](CO)C(C)C)n2)ccc1C(C)C. The van der Waals surface area contributed by atoms with Crippen LogP contribution in [0.2, 0.25) is 0 Å². The van der Waals surface area contributed by atoms with Gasteiger partial charge in [-0.2, -0.15) is 4.98 Å². The van der Waals surface area contributed by atoms with Crippen molar-refractivity contribution >= 4 is 17.5 Å². The molecule has 0 amide bonds. The first-order valence-electron chi connectivity index (χ1n) is 10.4. The monoisotopic (exact) mass is 405 g/mol. The molecule has 0 aliphatic heterocycles. The fourth-order valence-electron chi connectivity index (χ4n) is 3.38. The third kappa shape index (κ3) is 5.33. The molecule has 2 heterocycles. The molecule has 0 aliphatic rings. The van der Waals surface area contributed by atoms with Crippen LogP contribution in [0, 0.1) is 12.8 Å². The normalized spacial score (nSPS) is 12.3. The Bertz CT molecular complexity index is 973. The minimum Gasteiger partial charge on any atom is -0.394 e. The van der Waals surface area contributed by atoms with Crippen molar-refractivity contribution in [1.29, 1.82) is 0 Å². The average molecular weight is 406 g/mol. The lowest BCUT2D eigenvalue weighted by Gasteiger charge is -2.21. The first kappa shape index (κ1) is 21.7. The molecule has 0 bridgehead atoms. The number of pyridine rings is 1. The van der Waals surface area contributed by atoms with E-state index < -0.39 is 0 Å². The molecule has 0 radical (unpaired) electrons. The molecule has 0 saturated heterocycles. The van der Waals surface area contributed by atoms with Crippen molar-refractivity contribution in [2.45, 2.75) is 46.6 Å². The summed E-state index contributed by atoms with van der Waals surface area (Å²) in [4.78, 5) is 13.5. The summed E-state index contributed by atoms with van der Waals surface area (Å²) < 4.78 is 0. The lowest BCUT2D eigenvalue weighted by Crippen LogP contribution is -2.30. The van der Waals surface area contributed by atoms with Gasteiger partial charge in [0.15, 0.2) is 0 Å². The molecule has 2 aromatic heterocycles. The van der Waals surface area contributed by atoms with E-state index in [4.69, 9.17) is 0 Å². The number of hydrogen-bond acceptors (Lipinski definition) is 6. The Labute approximate surface area is 178 Å². The van der Waals surface area contributed by atoms with E-state index in [-0.39, 0.29) is 18.6 Å². The standard InChI is InChI=1S/C24H31N5O/c1-15(2)20-9-8-19(11-17(20)5)26-23-12-21(18-7-6-10-25-13-18)27-24(29-23)28-22(14-30)16(3)4/h6-13,15-16,22,30H,14H2,1-5H3,(H2,26,27,28,29)/t22-/m1/s1. The van der Waals surface area contributed by atoms with Crippen LogP contribution in [-0.2, 0) is 0 Å². The van der Waals surface area contributed by atoms with Crippen molar-refractivity contribution in [2.24, 2.45) is 5.92 Å². The Morgan fingerprint density at radius 1 is 1.03 bits per heavy atom. The summed E-state index contributed by atoms with van der Waals surface area (Å²) >= 11 is 0. The molecular formula is C24H31N5O.